The van der Waals surface area contributed by atoms with Gasteiger partial charge < -0.3 is 15.0 Å². The summed E-state index contributed by atoms with van der Waals surface area (Å²) in [7, 11) is 1.60. The minimum absolute atomic E-state index is 0.354. The van der Waals surface area contributed by atoms with Gasteiger partial charge in [0.2, 0.25) is 0 Å². The Morgan fingerprint density at radius 2 is 2.27 bits per heavy atom. The maximum atomic E-state index is 5.49. The number of methoxy groups -OCH3 is 1. The third-order valence-electron chi connectivity index (χ3n) is 1.96. The SMILES string of the molecule is COc1c(Br)cccc1-c1cc(N)no1. The molecule has 2 N–H and O–H groups in total. The predicted molar refractivity (Wildman–Crippen MR) is 60.6 cm³/mol. The van der Waals surface area contributed by atoms with Gasteiger partial charge in [-0.25, -0.2) is 0 Å². The zero-order valence-electron chi connectivity index (χ0n) is 8.03. The van der Waals surface area contributed by atoms with E-state index in [1.54, 1.807) is 13.2 Å². The minimum Gasteiger partial charge on any atom is -0.495 e. The van der Waals surface area contributed by atoms with E-state index in [2.05, 4.69) is 21.1 Å². The lowest BCUT2D eigenvalue weighted by Crippen LogP contribution is -1.88. The van der Waals surface area contributed by atoms with Gasteiger partial charge in [-0.3, -0.25) is 0 Å². The molecule has 2 rings (SSSR count). The van der Waals surface area contributed by atoms with Crippen LogP contribution in [0, 0.1) is 0 Å². The van der Waals surface area contributed by atoms with Gasteiger partial charge in [0.15, 0.2) is 11.6 Å². The summed E-state index contributed by atoms with van der Waals surface area (Å²) in [6.07, 6.45) is 0. The number of nitrogens with zero attached hydrogens (tertiary/aromatic N) is 1. The van der Waals surface area contributed by atoms with E-state index in [1.807, 2.05) is 18.2 Å². The highest BCUT2D eigenvalue weighted by atomic mass is 79.9. The Morgan fingerprint density at radius 1 is 1.47 bits per heavy atom. The van der Waals surface area contributed by atoms with Gasteiger partial charge in [-0.05, 0) is 28.1 Å². The topological polar surface area (TPSA) is 61.3 Å². The van der Waals surface area contributed by atoms with Crippen LogP contribution in [-0.2, 0) is 0 Å². The first-order chi connectivity index (χ1) is 7.22. The van der Waals surface area contributed by atoms with Crippen molar-refractivity contribution in [2.24, 2.45) is 0 Å². The third kappa shape index (κ3) is 1.83. The maximum Gasteiger partial charge on any atom is 0.172 e. The van der Waals surface area contributed by atoms with Crippen LogP contribution in [-0.4, -0.2) is 12.3 Å². The Hall–Kier alpha value is -1.49. The molecule has 15 heavy (non-hydrogen) atoms. The number of nitrogen functional groups attached to an aromatic ring is 1. The second-order valence-electron chi connectivity index (χ2n) is 2.94. The standard InChI is InChI=1S/C10H9BrN2O2/c1-14-10-6(3-2-4-7(10)11)8-5-9(12)13-15-8/h2-5H,1H3,(H2,12,13). The van der Waals surface area contributed by atoms with Gasteiger partial charge in [-0.1, -0.05) is 11.2 Å². The predicted octanol–water partition coefficient (Wildman–Crippen LogP) is 2.69. The number of anilines is 1. The van der Waals surface area contributed by atoms with E-state index in [-0.39, 0.29) is 0 Å². The summed E-state index contributed by atoms with van der Waals surface area (Å²) in [4.78, 5) is 0. The molecule has 1 heterocycles. The third-order valence-corrected chi connectivity index (χ3v) is 2.59. The maximum absolute atomic E-state index is 5.49. The van der Waals surface area contributed by atoms with Gasteiger partial charge in [0.05, 0.1) is 17.1 Å². The Balaban J connectivity index is 2.57. The molecule has 0 atom stereocenters. The van der Waals surface area contributed by atoms with Gasteiger partial charge >= 0.3 is 0 Å². The zero-order valence-corrected chi connectivity index (χ0v) is 9.61. The molecule has 0 amide bonds. The first-order valence-corrected chi connectivity index (χ1v) is 5.06. The van der Waals surface area contributed by atoms with Gasteiger partial charge in [0.1, 0.15) is 5.75 Å². The van der Waals surface area contributed by atoms with Crippen LogP contribution >= 0.6 is 15.9 Å². The molecule has 78 valence electrons. The smallest absolute Gasteiger partial charge is 0.172 e. The van der Waals surface area contributed by atoms with Crippen molar-refractivity contribution in [3.63, 3.8) is 0 Å². The molecule has 2 aromatic rings. The summed E-state index contributed by atoms with van der Waals surface area (Å²) in [5.74, 6) is 1.64. The van der Waals surface area contributed by atoms with Crippen molar-refractivity contribution >= 4 is 21.7 Å². The fraction of sp³-hybridized carbons (Fsp3) is 0.100. The number of ether oxygens (including phenoxy) is 1. The number of benzene rings is 1. The molecule has 0 aliphatic carbocycles. The molecule has 0 unspecified atom stereocenters. The summed E-state index contributed by atoms with van der Waals surface area (Å²) in [5, 5.41) is 3.63. The molecule has 1 aromatic carbocycles. The number of para-hydroxylation sites is 1. The second-order valence-corrected chi connectivity index (χ2v) is 3.79. The quantitative estimate of drug-likeness (QED) is 0.910. The van der Waals surface area contributed by atoms with Crippen LogP contribution < -0.4 is 10.5 Å². The highest BCUT2D eigenvalue weighted by molar-refractivity contribution is 9.10. The summed E-state index contributed by atoms with van der Waals surface area (Å²) >= 11 is 3.39. The Kier molecular flexibility index (Phi) is 2.64. The van der Waals surface area contributed by atoms with Crippen LogP contribution in [0.15, 0.2) is 33.3 Å². The Bertz CT molecular complexity index is 482. The first kappa shape index (κ1) is 10.0. The van der Waals surface area contributed by atoms with Crippen LogP contribution in [0.3, 0.4) is 0 Å². The van der Waals surface area contributed by atoms with Gasteiger partial charge in [-0.15, -0.1) is 0 Å². The Labute approximate surface area is 95.1 Å². The molecule has 0 fully saturated rings. The van der Waals surface area contributed by atoms with Crippen LogP contribution in [0.25, 0.3) is 11.3 Å². The normalized spacial score (nSPS) is 10.3. The van der Waals surface area contributed by atoms with E-state index < -0.39 is 0 Å². The number of aromatic nitrogens is 1. The number of hydrogen-bond donors (Lipinski definition) is 1. The number of rotatable bonds is 2. The van der Waals surface area contributed by atoms with Crippen LogP contribution in [0.1, 0.15) is 0 Å². The molecule has 4 nitrogen and oxygen atoms in total. The van der Waals surface area contributed by atoms with E-state index in [0.29, 0.717) is 17.3 Å². The molecule has 1 aromatic heterocycles. The average Bonchev–Trinajstić information content (AvgIpc) is 2.64. The molecule has 0 spiro atoms. The fourth-order valence-electron chi connectivity index (χ4n) is 1.33. The highest BCUT2D eigenvalue weighted by Crippen LogP contribution is 2.36. The molecule has 0 aliphatic heterocycles. The number of nitrogens with two attached hydrogens (primary N) is 1. The number of halogens is 1. The van der Waals surface area contributed by atoms with Gasteiger partial charge in [0, 0.05) is 6.07 Å². The molecule has 0 radical (unpaired) electrons. The largest absolute Gasteiger partial charge is 0.495 e. The molecule has 0 bridgehead atoms. The second kappa shape index (κ2) is 3.94. The molecule has 5 heteroatoms. The van der Waals surface area contributed by atoms with Gasteiger partial charge in [-0.2, -0.15) is 0 Å². The molecule has 0 aliphatic rings. The zero-order chi connectivity index (χ0) is 10.8. The fourth-order valence-corrected chi connectivity index (χ4v) is 1.85. The lowest BCUT2D eigenvalue weighted by atomic mass is 10.1. The van der Waals surface area contributed by atoms with Gasteiger partial charge in [0.25, 0.3) is 0 Å². The Morgan fingerprint density at radius 3 is 2.87 bits per heavy atom. The van der Waals surface area contributed by atoms with Crippen molar-refractivity contribution in [2.45, 2.75) is 0 Å². The van der Waals surface area contributed by atoms with Crippen LogP contribution in [0.5, 0.6) is 5.75 Å². The highest BCUT2D eigenvalue weighted by Gasteiger charge is 2.12. The van der Waals surface area contributed by atoms with Crippen molar-refractivity contribution in [3.8, 4) is 17.1 Å². The van der Waals surface area contributed by atoms with E-state index in [9.17, 15) is 0 Å². The summed E-state index contributed by atoms with van der Waals surface area (Å²) in [5.41, 5.74) is 6.30. The van der Waals surface area contributed by atoms with E-state index in [1.165, 1.54) is 0 Å². The first-order valence-electron chi connectivity index (χ1n) is 4.27. The monoisotopic (exact) mass is 268 g/mol. The molecule has 0 saturated heterocycles. The van der Waals surface area contributed by atoms with Crippen LogP contribution in [0.4, 0.5) is 5.82 Å². The molecular weight excluding hydrogens is 260 g/mol. The molecular formula is C10H9BrN2O2. The average molecular weight is 269 g/mol. The number of hydrogen-bond acceptors (Lipinski definition) is 4. The summed E-state index contributed by atoms with van der Waals surface area (Å²) in [6.45, 7) is 0. The minimum atomic E-state index is 0.354. The lowest BCUT2D eigenvalue weighted by molar-refractivity contribution is 0.405. The molecule has 0 saturated carbocycles. The lowest BCUT2D eigenvalue weighted by Gasteiger charge is -2.06. The van der Waals surface area contributed by atoms with E-state index >= 15 is 0 Å². The van der Waals surface area contributed by atoms with Crippen molar-refractivity contribution in [1.82, 2.24) is 5.16 Å². The van der Waals surface area contributed by atoms with Crippen molar-refractivity contribution in [3.05, 3.63) is 28.7 Å². The van der Waals surface area contributed by atoms with E-state index in [4.69, 9.17) is 15.0 Å². The van der Waals surface area contributed by atoms with E-state index in [0.717, 1.165) is 10.0 Å². The van der Waals surface area contributed by atoms with Crippen molar-refractivity contribution < 1.29 is 9.26 Å². The summed E-state index contributed by atoms with van der Waals surface area (Å²) in [6, 6.07) is 7.32. The van der Waals surface area contributed by atoms with Crippen molar-refractivity contribution in [2.75, 3.05) is 12.8 Å². The van der Waals surface area contributed by atoms with Crippen molar-refractivity contribution in [1.29, 1.82) is 0 Å². The summed E-state index contributed by atoms with van der Waals surface area (Å²) < 4.78 is 11.2. The van der Waals surface area contributed by atoms with Crippen LogP contribution in [0.2, 0.25) is 0 Å².